The molecule has 2 heterocycles. The van der Waals surface area contributed by atoms with E-state index >= 15 is 4.39 Å². The van der Waals surface area contributed by atoms with E-state index in [0.29, 0.717) is 5.69 Å². The van der Waals surface area contributed by atoms with Crippen molar-refractivity contribution in [3.63, 3.8) is 0 Å². The van der Waals surface area contributed by atoms with Crippen molar-refractivity contribution in [2.24, 2.45) is 29.6 Å². The number of aromatic amines is 1. The maximum Gasteiger partial charge on any atom is 0.151 e. The third kappa shape index (κ3) is 4.20. The van der Waals surface area contributed by atoms with Crippen LogP contribution in [0.5, 0.6) is 0 Å². The molecule has 180 valence electrons. The van der Waals surface area contributed by atoms with Gasteiger partial charge in [-0.3, -0.25) is 0 Å². The number of halogens is 1. The lowest BCUT2D eigenvalue weighted by molar-refractivity contribution is 0.287. The first-order valence-corrected chi connectivity index (χ1v) is 14.2. The fourth-order valence-electron chi connectivity index (χ4n) is 7.13. The second kappa shape index (κ2) is 9.13. The van der Waals surface area contributed by atoms with Crippen LogP contribution >= 0.6 is 11.8 Å². The smallest absolute Gasteiger partial charge is 0.151 e. The van der Waals surface area contributed by atoms with Gasteiger partial charge in [0, 0.05) is 22.2 Å². The predicted octanol–water partition coefficient (Wildman–Crippen LogP) is 8.62. The van der Waals surface area contributed by atoms with Gasteiger partial charge < -0.3 is 4.98 Å². The highest BCUT2D eigenvalue weighted by molar-refractivity contribution is 7.98. The molecule has 0 spiro atoms. The number of fused-ring (bicyclic) bond motifs is 2. The van der Waals surface area contributed by atoms with Crippen LogP contribution in [0.25, 0.3) is 33.4 Å². The van der Waals surface area contributed by atoms with Gasteiger partial charge in [0.2, 0.25) is 0 Å². The van der Waals surface area contributed by atoms with Gasteiger partial charge in [-0.15, -0.1) is 11.8 Å². The van der Waals surface area contributed by atoms with Crippen molar-refractivity contribution in [1.82, 2.24) is 9.97 Å². The Kier molecular flexibility index (Phi) is 5.96. The highest BCUT2D eigenvalue weighted by atomic mass is 32.2. The Morgan fingerprint density at radius 3 is 2.31 bits per heavy atom. The summed E-state index contributed by atoms with van der Waals surface area (Å²) in [6.45, 7) is 4.88. The molecule has 2 nitrogen and oxygen atoms in total. The molecule has 5 unspecified atom stereocenters. The van der Waals surface area contributed by atoms with Crippen molar-refractivity contribution in [2.45, 2.75) is 44.4 Å². The van der Waals surface area contributed by atoms with Gasteiger partial charge in [0.05, 0.1) is 11.0 Å². The van der Waals surface area contributed by atoms with E-state index in [4.69, 9.17) is 4.98 Å². The van der Waals surface area contributed by atoms with Gasteiger partial charge in [0.25, 0.3) is 0 Å². The van der Waals surface area contributed by atoms with E-state index in [1.54, 1.807) is 17.8 Å². The Bertz CT molecular complexity index is 1340. The number of nitrogens with one attached hydrogen (secondary N) is 1. The lowest BCUT2D eigenvalue weighted by Crippen LogP contribution is -2.15. The van der Waals surface area contributed by atoms with Gasteiger partial charge in [-0.05, 0) is 84.4 Å². The largest absolute Gasteiger partial charge is 0.357 e. The van der Waals surface area contributed by atoms with Crippen molar-refractivity contribution in [1.29, 1.82) is 0 Å². The number of aromatic nitrogens is 2. The third-order valence-electron chi connectivity index (χ3n) is 8.72. The molecule has 2 aromatic heterocycles. The molecule has 2 aromatic carbocycles. The Hall–Kier alpha value is -2.59. The van der Waals surface area contributed by atoms with Gasteiger partial charge in [-0.2, -0.15) is 0 Å². The van der Waals surface area contributed by atoms with Gasteiger partial charge in [0.15, 0.2) is 5.82 Å². The summed E-state index contributed by atoms with van der Waals surface area (Å²) >= 11 is 1.74. The maximum atomic E-state index is 15.1. The summed E-state index contributed by atoms with van der Waals surface area (Å²) in [6, 6.07) is 20.4. The first-order chi connectivity index (χ1) is 17.0. The van der Waals surface area contributed by atoms with Crippen LogP contribution in [0.3, 0.4) is 0 Å². The number of benzene rings is 2. The topological polar surface area (TPSA) is 28.7 Å². The highest BCUT2D eigenvalue weighted by Gasteiger charge is 2.46. The molecule has 1 N–H and O–H groups in total. The second-order valence-corrected chi connectivity index (χ2v) is 11.7. The van der Waals surface area contributed by atoms with Gasteiger partial charge >= 0.3 is 0 Å². The monoisotopic (exact) mass is 484 g/mol. The molecule has 35 heavy (non-hydrogen) atoms. The summed E-state index contributed by atoms with van der Waals surface area (Å²) in [5.74, 6) is 3.87. The summed E-state index contributed by atoms with van der Waals surface area (Å²) in [5, 5.41) is 0. The van der Waals surface area contributed by atoms with Crippen molar-refractivity contribution < 1.29 is 4.39 Å². The Morgan fingerprint density at radius 2 is 1.60 bits per heavy atom. The molecule has 5 atom stereocenters. The van der Waals surface area contributed by atoms with Gasteiger partial charge in [-0.25, -0.2) is 9.37 Å². The first kappa shape index (κ1) is 22.8. The standard InChI is InChI=1S/C31H33FN2S/c1-18-4-13-26-23(14-19(2)30(18)26)15-24-16-28-29(33-24)17-27(32)31(34-28)22-7-5-20(6-8-22)21-9-11-25(35-3)12-10-21/h5-12,16-19,23,26,30,33H,4,13-15H2,1-3H3. The normalized spacial score (nSPS) is 25.9. The average molecular weight is 485 g/mol. The number of thioether (sulfide) groups is 1. The number of pyridine rings is 1. The van der Waals surface area contributed by atoms with Crippen LogP contribution in [-0.4, -0.2) is 16.2 Å². The van der Waals surface area contributed by atoms with E-state index in [0.717, 1.165) is 63.7 Å². The minimum absolute atomic E-state index is 0.276. The van der Waals surface area contributed by atoms with Crippen molar-refractivity contribution in [2.75, 3.05) is 6.26 Å². The summed E-state index contributed by atoms with van der Waals surface area (Å²) in [4.78, 5) is 9.48. The highest BCUT2D eigenvalue weighted by Crippen LogP contribution is 2.54. The fourth-order valence-corrected chi connectivity index (χ4v) is 7.53. The quantitative estimate of drug-likeness (QED) is 0.287. The van der Waals surface area contributed by atoms with Crippen molar-refractivity contribution in [3.8, 4) is 22.4 Å². The molecule has 4 aromatic rings. The van der Waals surface area contributed by atoms with Crippen LogP contribution in [0.1, 0.15) is 38.8 Å². The Morgan fingerprint density at radius 1 is 0.914 bits per heavy atom. The average Bonchev–Trinajstić information content (AvgIpc) is 3.54. The molecule has 6 rings (SSSR count). The lowest BCUT2D eigenvalue weighted by Gasteiger charge is -2.20. The number of hydrogen-bond acceptors (Lipinski definition) is 2. The molecule has 0 amide bonds. The molecule has 2 saturated carbocycles. The number of rotatable bonds is 5. The molecular weight excluding hydrogens is 451 g/mol. The summed E-state index contributed by atoms with van der Waals surface area (Å²) in [6.07, 6.45) is 7.19. The van der Waals surface area contributed by atoms with Crippen LogP contribution in [0, 0.1) is 35.4 Å². The zero-order chi connectivity index (χ0) is 24.1. The predicted molar refractivity (Wildman–Crippen MR) is 145 cm³/mol. The van der Waals surface area contributed by atoms with E-state index < -0.39 is 0 Å². The Balaban J connectivity index is 1.24. The Labute approximate surface area is 211 Å². The van der Waals surface area contributed by atoms with Crippen LogP contribution in [0.4, 0.5) is 4.39 Å². The minimum atomic E-state index is -0.276. The summed E-state index contributed by atoms with van der Waals surface area (Å²) in [5.41, 5.74) is 6.37. The van der Waals surface area contributed by atoms with Gasteiger partial charge in [0.1, 0.15) is 5.69 Å². The van der Waals surface area contributed by atoms with Crippen LogP contribution in [0.15, 0.2) is 65.6 Å². The lowest BCUT2D eigenvalue weighted by atomic mass is 9.85. The molecule has 2 aliphatic rings. The first-order valence-electron chi connectivity index (χ1n) is 12.9. The number of nitrogens with zero attached hydrogens (tertiary/aromatic N) is 1. The van der Waals surface area contributed by atoms with Crippen LogP contribution < -0.4 is 0 Å². The molecular formula is C31H33FN2S. The summed E-state index contributed by atoms with van der Waals surface area (Å²) < 4.78 is 15.1. The van der Waals surface area contributed by atoms with Crippen LogP contribution in [0.2, 0.25) is 0 Å². The maximum absolute atomic E-state index is 15.1. The van der Waals surface area contributed by atoms with E-state index in [-0.39, 0.29) is 5.82 Å². The molecule has 0 saturated heterocycles. The third-order valence-corrected chi connectivity index (χ3v) is 9.46. The van der Waals surface area contributed by atoms with E-state index in [9.17, 15) is 0 Å². The van der Waals surface area contributed by atoms with E-state index in [1.807, 2.05) is 12.1 Å². The molecule has 2 fully saturated rings. The van der Waals surface area contributed by atoms with Crippen LogP contribution in [-0.2, 0) is 6.42 Å². The molecule has 4 heteroatoms. The SMILES string of the molecule is CSc1ccc(-c2ccc(-c3nc4cc(CC5CC(C)C6C(C)CCC56)[nH]c4cc3F)cc2)cc1. The fraction of sp³-hybridized carbons (Fsp3) is 0.387. The van der Waals surface area contributed by atoms with Crippen molar-refractivity contribution >= 4 is 22.8 Å². The number of hydrogen-bond donors (Lipinski definition) is 1. The second-order valence-electron chi connectivity index (χ2n) is 10.8. The molecule has 0 aliphatic heterocycles. The molecule has 0 radical (unpaired) electrons. The summed E-state index contributed by atoms with van der Waals surface area (Å²) in [7, 11) is 0. The minimum Gasteiger partial charge on any atom is -0.357 e. The molecule has 2 aliphatic carbocycles. The zero-order valence-electron chi connectivity index (χ0n) is 20.7. The van der Waals surface area contributed by atoms with E-state index in [2.05, 4.69) is 67.6 Å². The number of H-pyrrole nitrogens is 1. The van der Waals surface area contributed by atoms with Gasteiger partial charge in [-0.1, -0.05) is 56.7 Å². The molecule has 0 bridgehead atoms. The van der Waals surface area contributed by atoms with E-state index in [1.165, 1.54) is 29.9 Å². The zero-order valence-corrected chi connectivity index (χ0v) is 21.5. The van der Waals surface area contributed by atoms with Crippen molar-refractivity contribution in [3.05, 3.63) is 72.2 Å².